The molecule has 0 bridgehead atoms. The molecular weight excluding hydrogens is 464 g/mol. The van der Waals surface area contributed by atoms with Gasteiger partial charge in [-0.2, -0.15) is 0 Å². The van der Waals surface area contributed by atoms with Crippen LogP contribution in [0, 0.1) is 0 Å². The Bertz CT molecular complexity index is 1060. The zero-order valence-electron chi connectivity index (χ0n) is 19.1. The predicted molar refractivity (Wildman–Crippen MR) is 128 cm³/mol. The Kier molecular flexibility index (Phi) is 10.1. The SMILES string of the molecule is CCCCOc1ccc([C@@H](CC(=O)c2ccc(CC)s2)NC(=O)CC(=O)NS(C)(=O)=O)cc1. The van der Waals surface area contributed by atoms with Gasteiger partial charge in [-0.25, -0.2) is 8.42 Å². The van der Waals surface area contributed by atoms with E-state index in [0.717, 1.165) is 30.4 Å². The van der Waals surface area contributed by atoms with Gasteiger partial charge in [0.15, 0.2) is 5.78 Å². The van der Waals surface area contributed by atoms with Gasteiger partial charge in [-0.05, 0) is 42.7 Å². The monoisotopic (exact) mass is 494 g/mol. The summed E-state index contributed by atoms with van der Waals surface area (Å²) in [5.74, 6) is -1.07. The van der Waals surface area contributed by atoms with E-state index in [4.69, 9.17) is 4.74 Å². The van der Waals surface area contributed by atoms with Crippen LogP contribution in [0.2, 0.25) is 0 Å². The molecule has 0 aliphatic carbocycles. The van der Waals surface area contributed by atoms with E-state index in [-0.39, 0.29) is 12.2 Å². The fraction of sp³-hybridized carbons (Fsp3) is 0.435. The zero-order valence-corrected chi connectivity index (χ0v) is 20.7. The van der Waals surface area contributed by atoms with Gasteiger partial charge in [0, 0.05) is 11.3 Å². The number of sulfonamides is 1. The second kappa shape index (κ2) is 12.5. The lowest BCUT2D eigenvalue weighted by Gasteiger charge is -2.19. The Morgan fingerprint density at radius 2 is 1.73 bits per heavy atom. The van der Waals surface area contributed by atoms with Crippen LogP contribution in [0.1, 0.15) is 65.7 Å². The molecule has 2 N–H and O–H groups in total. The average molecular weight is 495 g/mol. The summed E-state index contributed by atoms with van der Waals surface area (Å²) < 4.78 is 29.8. The number of nitrogens with one attached hydrogen (secondary N) is 2. The minimum Gasteiger partial charge on any atom is -0.494 e. The highest BCUT2D eigenvalue weighted by Gasteiger charge is 2.22. The third-order valence-electron chi connectivity index (χ3n) is 4.68. The number of unbranched alkanes of at least 4 members (excludes halogenated alkanes) is 1. The molecule has 2 amide bonds. The number of hydrogen-bond acceptors (Lipinski definition) is 7. The summed E-state index contributed by atoms with van der Waals surface area (Å²) in [5.41, 5.74) is 0.676. The maximum atomic E-state index is 12.9. The van der Waals surface area contributed by atoms with Crippen molar-refractivity contribution in [2.24, 2.45) is 0 Å². The summed E-state index contributed by atoms with van der Waals surface area (Å²) in [5, 5.41) is 2.69. The van der Waals surface area contributed by atoms with Crippen molar-refractivity contribution in [1.29, 1.82) is 0 Å². The Labute approximate surface area is 198 Å². The van der Waals surface area contributed by atoms with Gasteiger partial charge in [-0.15, -0.1) is 11.3 Å². The molecule has 0 unspecified atom stereocenters. The Morgan fingerprint density at radius 3 is 2.30 bits per heavy atom. The number of carbonyl (C=O) groups is 3. The second-order valence-corrected chi connectivity index (χ2v) is 10.5. The molecule has 2 rings (SSSR count). The van der Waals surface area contributed by atoms with E-state index in [1.165, 1.54) is 11.3 Å². The van der Waals surface area contributed by atoms with Crippen LogP contribution < -0.4 is 14.8 Å². The molecule has 0 aliphatic rings. The van der Waals surface area contributed by atoms with Gasteiger partial charge in [-0.1, -0.05) is 32.4 Å². The number of benzene rings is 1. The molecule has 1 atom stereocenters. The third kappa shape index (κ3) is 9.35. The molecule has 0 saturated heterocycles. The Morgan fingerprint density at radius 1 is 1.03 bits per heavy atom. The summed E-state index contributed by atoms with van der Waals surface area (Å²) in [7, 11) is -3.77. The number of ether oxygens (including phenoxy) is 1. The van der Waals surface area contributed by atoms with Crippen LogP contribution in [0.3, 0.4) is 0 Å². The molecule has 0 aliphatic heterocycles. The van der Waals surface area contributed by atoms with Gasteiger partial charge < -0.3 is 10.1 Å². The summed E-state index contributed by atoms with van der Waals surface area (Å²) in [6.07, 6.45) is 2.94. The first-order valence-electron chi connectivity index (χ1n) is 10.8. The summed E-state index contributed by atoms with van der Waals surface area (Å²) in [4.78, 5) is 38.8. The number of aryl methyl sites for hydroxylation is 1. The lowest BCUT2D eigenvalue weighted by atomic mass is 10.00. The van der Waals surface area contributed by atoms with Crippen molar-refractivity contribution >= 4 is 39.0 Å². The van der Waals surface area contributed by atoms with Gasteiger partial charge in [0.25, 0.3) is 0 Å². The normalized spacial score (nSPS) is 12.1. The molecule has 0 fully saturated rings. The molecule has 8 nitrogen and oxygen atoms in total. The van der Waals surface area contributed by atoms with Gasteiger partial charge >= 0.3 is 0 Å². The van der Waals surface area contributed by atoms with Crippen molar-refractivity contribution in [3.8, 4) is 5.75 Å². The third-order valence-corrected chi connectivity index (χ3v) is 6.55. The van der Waals surface area contributed by atoms with Crippen LogP contribution in [0.5, 0.6) is 5.75 Å². The smallest absolute Gasteiger partial charge is 0.242 e. The first kappa shape index (κ1) is 26.5. The summed E-state index contributed by atoms with van der Waals surface area (Å²) >= 11 is 1.41. The maximum Gasteiger partial charge on any atom is 0.242 e. The highest BCUT2D eigenvalue weighted by Crippen LogP contribution is 2.25. The molecule has 0 spiro atoms. The standard InChI is InChI=1S/C23H30N2O6S2/c1-4-6-13-31-17-9-7-16(8-10-17)19(14-20(26)21-12-11-18(5-2)32-21)24-22(27)15-23(28)25-33(3,29)30/h7-12,19H,4-6,13-15H2,1-3H3,(H,24,27)(H,25,28)/t19-/m1/s1. The Hall–Kier alpha value is -2.72. The fourth-order valence-corrected chi connectivity index (χ4v) is 4.40. The molecule has 33 heavy (non-hydrogen) atoms. The van der Waals surface area contributed by atoms with Gasteiger partial charge in [0.1, 0.15) is 12.2 Å². The minimum absolute atomic E-state index is 0.000852. The molecule has 180 valence electrons. The number of amides is 2. The van der Waals surface area contributed by atoms with Crippen molar-refractivity contribution < 1.29 is 27.5 Å². The van der Waals surface area contributed by atoms with Gasteiger partial charge in [-0.3, -0.25) is 19.1 Å². The zero-order chi connectivity index (χ0) is 24.4. The lowest BCUT2D eigenvalue weighted by Crippen LogP contribution is -2.36. The van der Waals surface area contributed by atoms with Crippen molar-refractivity contribution in [3.05, 3.63) is 51.7 Å². The number of rotatable bonds is 13. The van der Waals surface area contributed by atoms with E-state index in [0.29, 0.717) is 22.8 Å². The maximum absolute atomic E-state index is 12.9. The van der Waals surface area contributed by atoms with Crippen molar-refractivity contribution in [1.82, 2.24) is 10.0 Å². The largest absolute Gasteiger partial charge is 0.494 e. The molecule has 1 aromatic heterocycles. The van der Waals surface area contributed by atoms with Crippen molar-refractivity contribution in [2.75, 3.05) is 12.9 Å². The number of Topliss-reactive ketones (excluding diaryl/α,β-unsaturated/α-hetero) is 1. The quantitative estimate of drug-likeness (QED) is 0.250. The van der Waals surface area contributed by atoms with Gasteiger partial charge in [0.05, 0.1) is 23.8 Å². The number of ketones is 1. The molecule has 1 aromatic carbocycles. The first-order chi connectivity index (χ1) is 15.6. The molecule has 10 heteroatoms. The van der Waals surface area contributed by atoms with Crippen molar-refractivity contribution in [2.45, 2.75) is 52.0 Å². The van der Waals surface area contributed by atoms with Crippen LogP contribution in [0.25, 0.3) is 0 Å². The van der Waals surface area contributed by atoms with E-state index in [1.54, 1.807) is 35.1 Å². The van der Waals surface area contributed by atoms with E-state index in [2.05, 4.69) is 12.2 Å². The van der Waals surface area contributed by atoms with Crippen molar-refractivity contribution in [3.63, 3.8) is 0 Å². The molecule has 0 radical (unpaired) electrons. The first-order valence-corrected chi connectivity index (χ1v) is 13.5. The minimum atomic E-state index is -3.77. The van der Waals surface area contributed by atoms with Crippen LogP contribution in [-0.2, 0) is 26.0 Å². The molecule has 2 aromatic rings. The van der Waals surface area contributed by atoms with Crippen LogP contribution >= 0.6 is 11.3 Å². The fourth-order valence-electron chi connectivity index (χ4n) is 3.02. The van der Waals surface area contributed by atoms with E-state index in [9.17, 15) is 22.8 Å². The lowest BCUT2D eigenvalue weighted by molar-refractivity contribution is -0.128. The number of thiophene rings is 1. The van der Waals surface area contributed by atoms with E-state index < -0.39 is 34.3 Å². The number of carbonyl (C=O) groups excluding carboxylic acids is 3. The number of hydrogen-bond donors (Lipinski definition) is 2. The highest BCUT2D eigenvalue weighted by molar-refractivity contribution is 7.89. The summed E-state index contributed by atoms with van der Waals surface area (Å²) in [6, 6.07) is 10.1. The van der Waals surface area contributed by atoms with Crippen LogP contribution in [0.15, 0.2) is 36.4 Å². The second-order valence-electron chi connectivity index (χ2n) is 7.61. The molecule has 0 saturated carbocycles. The van der Waals surface area contributed by atoms with Crippen LogP contribution in [0.4, 0.5) is 0 Å². The molecule has 1 heterocycles. The van der Waals surface area contributed by atoms with Gasteiger partial charge in [0.2, 0.25) is 21.8 Å². The Balaban J connectivity index is 2.15. The topological polar surface area (TPSA) is 119 Å². The van der Waals surface area contributed by atoms with E-state index in [1.807, 2.05) is 13.0 Å². The summed E-state index contributed by atoms with van der Waals surface area (Å²) in [6.45, 7) is 4.68. The van der Waals surface area contributed by atoms with E-state index >= 15 is 0 Å². The highest BCUT2D eigenvalue weighted by atomic mass is 32.2. The molecular formula is C23H30N2O6S2. The predicted octanol–water partition coefficient (Wildman–Crippen LogP) is 3.39. The van der Waals surface area contributed by atoms with Crippen LogP contribution in [-0.4, -0.2) is 38.9 Å². The average Bonchev–Trinajstić information content (AvgIpc) is 3.22.